The van der Waals surface area contributed by atoms with E-state index in [1.165, 1.54) is 5.56 Å². The van der Waals surface area contributed by atoms with Gasteiger partial charge in [0.15, 0.2) is 6.19 Å². The van der Waals surface area contributed by atoms with Crippen LogP contribution in [0.5, 0.6) is 5.75 Å². The standard InChI is InChI=1S/C33H40N6O5/c1-21-28(31(40)41)30(29(32(42)43)22(2)37-21)25-9-6-10-26(18-25)38-33(36-20-34)35-14-4-5-15-39-16-12-23(13-17-39)24-8-7-11-27(19-24)44-3/h6-11,18-19,23,28,30H,4-5,12-17H2,1-3H3,(H,40,41)(H,42,43)(H2,35,36,38). The number of anilines is 1. The van der Waals surface area contributed by atoms with Crippen LogP contribution in [-0.2, 0) is 9.59 Å². The lowest BCUT2D eigenvalue weighted by Crippen LogP contribution is -2.35. The van der Waals surface area contributed by atoms with Gasteiger partial charge in [-0.1, -0.05) is 24.3 Å². The molecule has 1 saturated heterocycles. The molecule has 2 aromatic carbocycles. The van der Waals surface area contributed by atoms with E-state index >= 15 is 0 Å². The van der Waals surface area contributed by atoms with Crippen molar-refractivity contribution >= 4 is 29.3 Å². The van der Waals surface area contributed by atoms with Gasteiger partial charge in [0.1, 0.15) is 11.7 Å². The van der Waals surface area contributed by atoms with E-state index < -0.39 is 23.8 Å². The summed E-state index contributed by atoms with van der Waals surface area (Å²) >= 11 is 0. The SMILES string of the molecule is COc1cccc(C2CCN(CCCCN=C(NC#N)Nc3cccc(C4C(C(=O)O)=C(C)N=C(C)C4C(=O)O)c3)CC2)c1. The number of hydrogen-bond acceptors (Lipinski definition) is 7. The number of hydrogen-bond donors (Lipinski definition) is 4. The van der Waals surface area contributed by atoms with E-state index in [-0.39, 0.29) is 17.2 Å². The predicted molar refractivity (Wildman–Crippen MR) is 169 cm³/mol. The molecule has 44 heavy (non-hydrogen) atoms. The normalized spacial score (nSPS) is 19.6. The minimum absolute atomic E-state index is 0.0475. The van der Waals surface area contributed by atoms with Crippen molar-refractivity contribution in [1.29, 1.82) is 5.26 Å². The Morgan fingerprint density at radius 1 is 1.09 bits per heavy atom. The number of carboxylic acid groups (broad SMARTS) is 2. The van der Waals surface area contributed by atoms with E-state index in [1.54, 1.807) is 45.2 Å². The topological polar surface area (TPSA) is 160 Å². The lowest BCUT2D eigenvalue weighted by Gasteiger charge is -2.32. The molecule has 0 saturated carbocycles. The number of nitrogens with one attached hydrogen (secondary N) is 2. The second kappa shape index (κ2) is 15.2. The first-order valence-electron chi connectivity index (χ1n) is 14.9. The fourth-order valence-corrected chi connectivity index (χ4v) is 6.13. The Labute approximate surface area is 258 Å². The minimum atomic E-state index is -1.21. The minimum Gasteiger partial charge on any atom is -0.497 e. The largest absolute Gasteiger partial charge is 0.497 e. The van der Waals surface area contributed by atoms with Gasteiger partial charge in [0.2, 0.25) is 5.96 Å². The van der Waals surface area contributed by atoms with Gasteiger partial charge in [-0.3, -0.25) is 20.1 Å². The Morgan fingerprint density at radius 3 is 2.50 bits per heavy atom. The summed E-state index contributed by atoms with van der Waals surface area (Å²) in [4.78, 5) is 35.5. The van der Waals surface area contributed by atoms with Gasteiger partial charge in [-0.05, 0) is 100 Å². The summed E-state index contributed by atoms with van der Waals surface area (Å²) in [5.74, 6) is -2.66. The summed E-state index contributed by atoms with van der Waals surface area (Å²) < 4.78 is 5.38. The molecule has 11 nitrogen and oxygen atoms in total. The van der Waals surface area contributed by atoms with Crippen LogP contribution in [0, 0.1) is 17.4 Å². The summed E-state index contributed by atoms with van der Waals surface area (Å²) in [6.45, 7) is 6.79. The van der Waals surface area contributed by atoms with Crippen LogP contribution >= 0.6 is 0 Å². The van der Waals surface area contributed by atoms with Crippen molar-refractivity contribution in [3.8, 4) is 11.9 Å². The zero-order chi connectivity index (χ0) is 31.6. The summed E-state index contributed by atoms with van der Waals surface area (Å²) in [7, 11) is 1.70. The van der Waals surface area contributed by atoms with E-state index in [2.05, 4.69) is 43.7 Å². The highest BCUT2D eigenvalue weighted by Crippen LogP contribution is 2.40. The Balaban J connectivity index is 1.33. The Hall–Kier alpha value is -4.69. The third-order valence-electron chi connectivity index (χ3n) is 8.31. The fraction of sp³-hybridized carbons (Fsp3) is 0.424. The molecule has 0 aliphatic carbocycles. The lowest BCUT2D eigenvalue weighted by molar-refractivity contribution is -0.140. The van der Waals surface area contributed by atoms with Crippen molar-refractivity contribution < 1.29 is 24.5 Å². The number of unbranched alkanes of at least 4 members (excludes halogenated alkanes) is 1. The third-order valence-corrected chi connectivity index (χ3v) is 8.31. The summed E-state index contributed by atoms with van der Waals surface area (Å²) in [6, 6.07) is 15.2. The quantitative estimate of drug-likeness (QED) is 0.0933. The molecule has 1 fully saturated rings. The average molecular weight is 601 g/mol. The molecule has 0 radical (unpaired) electrons. The molecule has 2 unspecified atom stereocenters. The molecule has 2 heterocycles. The number of rotatable bonds is 11. The molecule has 0 bridgehead atoms. The number of nitriles is 1. The maximum Gasteiger partial charge on any atom is 0.334 e. The summed E-state index contributed by atoms with van der Waals surface area (Å²) in [5.41, 5.74) is 2.99. The lowest BCUT2D eigenvalue weighted by atomic mass is 9.75. The molecule has 2 aliphatic heterocycles. The Bertz CT molecular complexity index is 1490. The first-order chi connectivity index (χ1) is 21.2. The van der Waals surface area contributed by atoms with Crippen molar-refractivity contribution in [2.45, 2.75) is 51.4 Å². The van der Waals surface area contributed by atoms with Gasteiger partial charge in [0.05, 0.1) is 12.7 Å². The van der Waals surface area contributed by atoms with Crippen molar-refractivity contribution in [2.75, 3.05) is 38.6 Å². The van der Waals surface area contributed by atoms with E-state index in [1.807, 2.05) is 12.3 Å². The predicted octanol–water partition coefficient (Wildman–Crippen LogP) is 4.81. The van der Waals surface area contributed by atoms with Crippen LogP contribution in [0.25, 0.3) is 0 Å². The van der Waals surface area contributed by atoms with Gasteiger partial charge in [0.25, 0.3) is 0 Å². The molecule has 4 rings (SSSR count). The number of nitrogens with zero attached hydrogens (tertiary/aromatic N) is 4. The molecule has 2 aliphatic rings. The molecular formula is C33H40N6O5. The zero-order valence-corrected chi connectivity index (χ0v) is 25.4. The van der Waals surface area contributed by atoms with Crippen LogP contribution in [0.1, 0.15) is 62.5 Å². The fourth-order valence-electron chi connectivity index (χ4n) is 6.13. The maximum atomic E-state index is 12.2. The summed E-state index contributed by atoms with van der Waals surface area (Å²) in [5, 5.41) is 34.8. The van der Waals surface area contributed by atoms with Crippen LogP contribution in [0.15, 0.2) is 69.8 Å². The summed E-state index contributed by atoms with van der Waals surface area (Å²) in [6.07, 6.45) is 5.97. The smallest absolute Gasteiger partial charge is 0.334 e. The van der Waals surface area contributed by atoms with Gasteiger partial charge in [-0.15, -0.1) is 0 Å². The highest BCUT2D eigenvalue weighted by atomic mass is 16.5. The van der Waals surface area contributed by atoms with Crippen molar-refractivity contribution in [2.24, 2.45) is 15.9 Å². The van der Waals surface area contributed by atoms with Gasteiger partial charge >= 0.3 is 11.9 Å². The zero-order valence-electron chi connectivity index (χ0n) is 25.4. The number of carbonyl (C=O) groups is 2. The monoisotopic (exact) mass is 600 g/mol. The van der Waals surface area contributed by atoms with Crippen LogP contribution in [-0.4, -0.2) is 72.0 Å². The van der Waals surface area contributed by atoms with E-state index in [4.69, 9.17) is 4.74 Å². The number of ether oxygens (including phenoxy) is 1. The van der Waals surface area contributed by atoms with Gasteiger partial charge < -0.3 is 25.2 Å². The molecule has 4 N–H and O–H groups in total. The highest BCUT2D eigenvalue weighted by molar-refractivity contribution is 6.06. The van der Waals surface area contributed by atoms with Crippen LogP contribution in [0.2, 0.25) is 0 Å². The van der Waals surface area contributed by atoms with Crippen molar-refractivity contribution in [3.05, 3.63) is 70.9 Å². The van der Waals surface area contributed by atoms with Crippen LogP contribution in [0.4, 0.5) is 5.69 Å². The third kappa shape index (κ3) is 8.02. The number of methoxy groups -OCH3 is 1. The molecule has 0 spiro atoms. The molecular weight excluding hydrogens is 560 g/mol. The Morgan fingerprint density at radius 2 is 1.82 bits per heavy atom. The highest BCUT2D eigenvalue weighted by Gasteiger charge is 2.41. The van der Waals surface area contributed by atoms with Crippen molar-refractivity contribution in [1.82, 2.24) is 10.2 Å². The van der Waals surface area contributed by atoms with Gasteiger partial charge in [-0.2, -0.15) is 5.26 Å². The van der Waals surface area contributed by atoms with Gasteiger partial charge in [0, 0.05) is 29.6 Å². The average Bonchev–Trinajstić information content (AvgIpc) is 3.00. The number of allylic oxidation sites excluding steroid dienone is 1. The Kier molecular flexibility index (Phi) is 11.1. The second-order valence-corrected chi connectivity index (χ2v) is 11.2. The van der Waals surface area contributed by atoms with E-state index in [0.29, 0.717) is 29.4 Å². The maximum absolute atomic E-state index is 12.2. The first kappa shape index (κ1) is 32.2. The second-order valence-electron chi connectivity index (χ2n) is 11.2. The van der Waals surface area contributed by atoms with Crippen molar-refractivity contribution in [3.63, 3.8) is 0 Å². The van der Waals surface area contributed by atoms with E-state index in [0.717, 1.165) is 51.1 Å². The molecule has 0 amide bonds. The van der Waals surface area contributed by atoms with Crippen LogP contribution in [0.3, 0.4) is 0 Å². The number of carboxylic acids is 2. The molecule has 11 heteroatoms. The molecule has 2 aromatic rings. The van der Waals surface area contributed by atoms with Crippen LogP contribution < -0.4 is 15.4 Å². The first-order valence-corrected chi connectivity index (χ1v) is 14.9. The number of aliphatic carboxylic acids is 2. The molecule has 0 aromatic heterocycles. The number of piperidine rings is 1. The number of likely N-dealkylation sites (tertiary alicyclic amines) is 1. The molecule has 232 valence electrons. The van der Waals surface area contributed by atoms with E-state index in [9.17, 15) is 25.1 Å². The number of aliphatic imine (C=N–C) groups is 2. The number of benzene rings is 2. The van der Waals surface area contributed by atoms with Gasteiger partial charge in [-0.25, -0.2) is 4.79 Å². The molecule has 2 atom stereocenters. The number of guanidine groups is 1.